The summed E-state index contributed by atoms with van der Waals surface area (Å²) in [5.41, 5.74) is 6.08. The van der Waals surface area contributed by atoms with Crippen molar-refractivity contribution in [2.75, 3.05) is 5.73 Å². The quantitative estimate of drug-likeness (QED) is 0.217. The van der Waals surface area contributed by atoms with Crippen LogP contribution in [0.3, 0.4) is 0 Å². The summed E-state index contributed by atoms with van der Waals surface area (Å²) in [6, 6.07) is 1.20. The van der Waals surface area contributed by atoms with Gasteiger partial charge in [0.25, 0.3) is 11.4 Å². The fourth-order valence-corrected chi connectivity index (χ4v) is 6.43. The van der Waals surface area contributed by atoms with E-state index in [-0.39, 0.29) is 63.7 Å². The van der Waals surface area contributed by atoms with Gasteiger partial charge in [-0.05, 0) is 45.6 Å². The number of nitrogens with zero attached hydrogens (tertiary/aromatic N) is 7. The Kier molecular flexibility index (Phi) is 6.90. The van der Waals surface area contributed by atoms with E-state index >= 15 is 0 Å². The number of piperidine rings is 1. The van der Waals surface area contributed by atoms with Gasteiger partial charge in [0.15, 0.2) is 11.4 Å². The number of H-pyrrole nitrogens is 1. The van der Waals surface area contributed by atoms with Crippen molar-refractivity contribution in [1.82, 2.24) is 39.7 Å². The minimum Gasteiger partial charge on any atom is -0.383 e. The number of carbonyl (C=O) groups is 2. The van der Waals surface area contributed by atoms with Gasteiger partial charge in [0.1, 0.15) is 11.6 Å². The number of carbonyl (C=O) groups excluding carboxylic acids is 2. The van der Waals surface area contributed by atoms with Crippen molar-refractivity contribution in [2.24, 2.45) is 5.73 Å². The second kappa shape index (κ2) is 10.2. The number of halogens is 6. The SMILES string of the molecule is CC(=O)c1c([C@H]2C[C@H]3CC[C@@H](C2)N3C(=O)c2nnc(C)[nH]2)nc2c(-c3ccc(C(N)(C(F)(F)F)C(F)(F)F)nc3)cnn2c1N. The van der Waals surface area contributed by atoms with Crippen LogP contribution in [0.25, 0.3) is 16.8 Å². The zero-order chi connectivity index (χ0) is 32.6. The largest absolute Gasteiger partial charge is 0.421 e. The standard InChI is InChI=1S/C27H26F6N10O2/c1-11(44)19-20(14-7-15-4-5-16(8-14)42(15)24(45)22-38-12(2)40-41-22)39-23-17(10-37-43(23)21(19)34)13-3-6-18(36-9-13)25(35,26(28,29)30)27(31,32)33/h3,6,9-10,14-16H,4-5,7-8,34-35H2,1-2H3,(H,38,40,41)/t14-,15+,16-. The van der Waals surface area contributed by atoms with E-state index in [9.17, 15) is 35.9 Å². The third-order valence-electron chi connectivity index (χ3n) is 8.59. The minimum absolute atomic E-state index is 0.0311. The van der Waals surface area contributed by atoms with Gasteiger partial charge < -0.3 is 21.4 Å². The van der Waals surface area contributed by atoms with Gasteiger partial charge in [-0.15, -0.1) is 10.2 Å². The highest BCUT2D eigenvalue weighted by Gasteiger charge is 2.70. The minimum atomic E-state index is -5.87. The molecule has 3 atom stereocenters. The Morgan fingerprint density at radius 1 is 1.00 bits per heavy atom. The Balaban J connectivity index is 1.38. The van der Waals surface area contributed by atoms with Gasteiger partial charge in [-0.2, -0.15) is 36.0 Å². The van der Waals surface area contributed by atoms with Gasteiger partial charge in [-0.3, -0.25) is 14.6 Å². The summed E-state index contributed by atoms with van der Waals surface area (Å²) in [5, 5.41) is 12.0. The number of alkyl halides is 6. The van der Waals surface area contributed by atoms with Crippen LogP contribution in [0.2, 0.25) is 0 Å². The monoisotopic (exact) mass is 636 g/mol. The summed E-state index contributed by atoms with van der Waals surface area (Å²) in [4.78, 5) is 38.9. The molecular weight excluding hydrogens is 610 g/mol. The molecule has 45 heavy (non-hydrogen) atoms. The average Bonchev–Trinajstić information content (AvgIpc) is 3.66. The first-order chi connectivity index (χ1) is 21.0. The molecule has 18 heteroatoms. The maximum atomic E-state index is 13.5. The molecule has 0 unspecified atom stereocenters. The Morgan fingerprint density at radius 3 is 2.16 bits per heavy atom. The van der Waals surface area contributed by atoms with E-state index in [1.54, 1.807) is 11.8 Å². The van der Waals surface area contributed by atoms with Gasteiger partial charge in [0.05, 0.1) is 23.1 Å². The number of amides is 1. The molecule has 2 bridgehead atoms. The molecule has 2 aliphatic heterocycles. The van der Waals surface area contributed by atoms with E-state index in [2.05, 4.69) is 25.3 Å². The molecule has 0 saturated carbocycles. The number of nitrogen functional groups attached to an aromatic ring is 1. The molecule has 2 fully saturated rings. The smallest absolute Gasteiger partial charge is 0.383 e. The first-order valence-corrected chi connectivity index (χ1v) is 13.8. The fourth-order valence-electron chi connectivity index (χ4n) is 6.43. The molecule has 12 nitrogen and oxygen atoms in total. The van der Waals surface area contributed by atoms with Crippen LogP contribution in [0.1, 0.15) is 76.7 Å². The highest BCUT2D eigenvalue weighted by atomic mass is 19.4. The molecule has 0 radical (unpaired) electrons. The van der Waals surface area contributed by atoms with Crippen molar-refractivity contribution in [2.45, 2.75) is 75.4 Å². The van der Waals surface area contributed by atoms with Crippen molar-refractivity contribution >= 4 is 23.2 Å². The van der Waals surface area contributed by atoms with Crippen LogP contribution >= 0.6 is 0 Å². The van der Waals surface area contributed by atoms with Crippen LogP contribution in [0.15, 0.2) is 24.5 Å². The second-order valence-electron chi connectivity index (χ2n) is 11.4. The predicted molar refractivity (Wildman–Crippen MR) is 145 cm³/mol. The van der Waals surface area contributed by atoms with E-state index < -0.39 is 23.6 Å². The number of aryl methyl sites for hydroxylation is 1. The number of nitrogens with two attached hydrogens (primary N) is 2. The van der Waals surface area contributed by atoms with Gasteiger partial charge >= 0.3 is 12.4 Å². The predicted octanol–water partition coefficient (Wildman–Crippen LogP) is 3.83. The molecule has 4 aromatic rings. The first-order valence-electron chi connectivity index (χ1n) is 13.8. The molecule has 2 saturated heterocycles. The third kappa shape index (κ3) is 4.69. The van der Waals surface area contributed by atoms with Crippen molar-refractivity contribution in [1.29, 1.82) is 0 Å². The van der Waals surface area contributed by atoms with Crippen molar-refractivity contribution < 1.29 is 35.9 Å². The van der Waals surface area contributed by atoms with E-state index in [1.807, 2.05) is 0 Å². The number of hydrogen-bond donors (Lipinski definition) is 3. The van der Waals surface area contributed by atoms with E-state index in [4.69, 9.17) is 16.5 Å². The molecule has 6 rings (SSSR count). The number of aromatic amines is 1. The fraction of sp³-hybridized carbons (Fsp3) is 0.444. The number of hydrogen-bond acceptors (Lipinski definition) is 9. The van der Waals surface area contributed by atoms with E-state index in [0.29, 0.717) is 30.4 Å². The van der Waals surface area contributed by atoms with Crippen LogP contribution in [0.5, 0.6) is 0 Å². The summed E-state index contributed by atoms with van der Waals surface area (Å²) in [6.45, 7) is 3.02. The molecule has 0 spiro atoms. The number of pyridine rings is 1. The van der Waals surface area contributed by atoms with Crippen LogP contribution in [0.4, 0.5) is 32.2 Å². The lowest BCUT2D eigenvalue weighted by molar-refractivity contribution is -0.303. The number of rotatable bonds is 5. The molecule has 5 N–H and O–H groups in total. The van der Waals surface area contributed by atoms with Gasteiger partial charge in [0.2, 0.25) is 5.82 Å². The topological polar surface area (TPSA) is 174 Å². The number of aromatic nitrogens is 7. The van der Waals surface area contributed by atoms with E-state index in [0.717, 1.165) is 25.1 Å². The van der Waals surface area contributed by atoms with Crippen molar-refractivity contribution in [3.05, 3.63) is 53.1 Å². The van der Waals surface area contributed by atoms with Gasteiger partial charge in [0, 0.05) is 35.3 Å². The summed E-state index contributed by atoms with van der Waals surface area (Å²) in [6.07, 6.45) is -7.27. The average molecular weight is 637 g/mol. The van der Waals surface area contributed by atoms with Crippen molar-refractivity contribution in [3.8, 4) is 11.1 Å². The number of Topliss-reactive ketones (excluding diaryl/α,β-unsaturated/α-hetero) is 1. The summed E-state index contributed by atoms with van der Waals surface area (Å²) in [5.74, 6) is -0.337. The molecule has 238 valence electrons. The number of anilines is 1. The number of ketones is 1. The Labute approximate surface area is 250 Å². The highest BCUT2D eigenvalue weighted by Crippen LogP contribution is 2.48. The van der Waals surface area contributed by atoms with Crippen LogP contribution in [0, 0.1) is 6.92 Å². The molecule has 0 aromatic carbocycles. The summed E-state index contributed by atoms with van der Waals surface area (Å²) >= 11 is 0. The van der Waals surface area contributed by atoms with Crippen LogP contribution < -0.4 is 11.5 Å². The zero-order valence-electron chi connectivity index (χ0n) is 23.7. The van der Waals surface area contributed by atoms with Gasteiger partial charge in [-0.1, -0.05) is 6.07 Å². The maximum Gasteiger partial charge on any atom is 0.421 e. The molecule has 4 aromatic heterocycles. The Bertz CT molecular complexity index is 1790. The summed E-state index contributed by atoms with van der Waals surface area (Å²) < 4.78 is 82.0. The maximum absolute atomic E-state index is 13.5. The number of nitrogens with one attached hydrogen (secondary N) is 1. The zero-order valence-corrected chi connectivity index (χ0v) is 23.7. The van der Waals surface area contributed by atoms with Crippen LogP contribution in [-0.2, 0) is 5.54 Å². The van der Waals surface area contributed by atoms with Gasteiger partial charge in [-0.25, -0.2) is 4.98 Å². The molecule has 2 aliphatic rings. The Hall–Kier alpha value is -4.61. The lowest BCUT2D eigenvalue weighted by Crippen LogP contribution is -2.61. The van der Waals surface area contributed by atoms with Crippen LogP contribution in [-0.4, -0.2) is 75.8 Å². The third-order valence-corrected chi connectivity index (χ3v) is 8.59. The second-order valence-corrected chi connectivity index (χ2v) is 11.4. The molecule has 6 heterocycles. The molecular formula is C27H26F6N10O2. The lowest BCUT2D eigenvalue weighted by atomic mass is 9.85. The molecule has 1 amide bonds. The number of fused-ring (bicyclic) bond motifs is 3. The highest BCUT2D eigenvalue weighted by molar-refractivity contribution is 6.00. The first kappa shape index (κ1) is 30.4. The normalized spacial score (nSPS) is 20.6. The summed E-state index contributed by atoms with van der Waals surface area (Å²) in [7, 11) is 0. The van der Waals surface area contributed by atoms with E-state index in [1.165, 1.54) is 17.6 Å². The van der Waals surface area contributed by atoms with Crippen molar-refractivity contribution in [3.63, 3.8) is 0 Å². The lowest BCUT2D eigenvalue weighted by Gasteiger charge is -2.38. The molecule has 0 aliphatic carbocycles. The Morgan fingerprint density at radius 2 is 1.64 bits per heavy atom.